The standard InChI is InChI=1S/C33H34F3NO5S/c1-19-14-23(41-12-5-13-43-3)15-20(2)31(19)27-7-4-6-26-25(27)10-11-28(26)37(32(40)33(34,35)36)22-8-9-24-21(16-30(38)39)18-42-29(24)17-22/h4,6-9,14-15,17,21,28H,5,10-13,16,18H2,1-3H3,(H,38,39)/t21-,28?/m1/s1. The van der Waals surface area contributed by atoms with Gasteiger partial charge in [0.2, 0.25) is 0 Å². The van der Waals surface area contributed by atoms with Crippen LogP contribution < -0.4 is 14.4 Å². The number of hydrogen-bond donors (Lipinski definition) is 1. The highest BCUT2D eigenvalue weighted by Crippen LogP contribution is 2.47. The zero-order valence-electron chi connectivity index (χ0n) is 24.3. The molecule has 1 unspecified atom stereocenters. The summed E-state index contributed by atoms with van der Waals surface area (Å²) in [5.74, 6) is -1.23. The van der Waals surface area contributed by atoms with E-state index < -0.39 is 30.0 Å². The van der Waals surface area contributed by atoms with Gasteiger partial charge in [-0.05, 0) is 96.7 Å². The number of carboxylic acids is 1. The van der Waals surface area contributed by atoms with Gasteiger partial charge in [0.05, 0.1) is 25.7 Å². The molecule has 0 fully saturated rings. The van der Waals surface area contributed by atoms with Gasteiger partial charge in [-0.25, -0.2) is 0 Å². The highest BCUT2D eigenvalue weighted by molar-refractivity contribution is 7.98. The molecule has 3 aromatic rings. The van der Waals surface area contributed by atoms with Crippen molar-refractivity contribution in [2.45, 2.75) is 57.7 Å². The summed E-state index contributed by atoms with van der Waals surface area (Å²) in [6, 6.07) is 13.2. The van der Waals surface area contributed by atoms with Crippen LogP contribution in [0.1, 0.15) is 59.0 Å². The van der Waals surface area contributed by atoms with Crippen LogP contribution in [0.15, 0.2) is 48.5 Å². The van der Waals surface area contributed by atoms with Crippen LogP contribution in [0.5, 0.6) is 11.5 Å². The Balaban J connectivity index is 1.51. The Hall–Kier alpha value is -3.66. The lowest BCUT2D eigenvalue weighted by molar-refractivity contribution is -0.171. The maximum atomic E-state index is 14.0. The number of carbonyl (C=O) groups is 2. The van der Waals surface area contributed by atoms with E-state index in [9.17, 15) is 27.9 Å². The monoisotopic (exact) mass is 613 g/mol. The zero-order chi connectivity index (χ0) is 30.9. The van der Waals surface area contributed by atoms with E-state index in [2.05, 4.69) is 6.26 Å². The molecule has 1 amide bonds. The van der Waals surface area contributed by atoms with Crippen molar-refractivity contribution in [1.82, 2.24) is 0 Å². The molecule has 0 spiro atoms. The number of rotatable bonds is 10. The molecule has 2 aliphatic rings. The van der Waals surface area contributed by atoms with Crippen molar-refractivity contribution < 1.29 is 37.3 Å². The second-order valence-corrected chi connectivity index (χ2v) is 12.0. The molecule has 6 nitrogen and oxygen atoms in total. The van der Waals surface area contributed by atoms with Crippen LogP contribution in [0.2, 0.25) is 0 Å². The van der Waals surface area contributed by atoms with Crippen LogP contribution in [0.25, 0.3) is 11.1 Å². The topological polar surface area (TPSA) is 76.1 Å². The largest absolute Gasteiger partial charge is 0.494 e. The third-order valence-corrected chi connectivity index (χ3v) is 8.82. The third-order valence-electron chi connectivity index (χ3n) is 8.13. The number of amides is 1. The Morgan fingerprint density at radius 2 is 1.84 bits per heavy atom. The number of nitrogens with zero attached hydrogens (tertiary/aromatic N) is 1. The predicted octanol–water partition coefficient (Wildman–Crippen LogP) is 7.64. The van der Waals surface area contributed by atoms with Crippen molar-refractivity contribution in [3.05, 3.63) is 76.3 Å². The minimum Gasteiger partial charge on any atom is -0.494 e. The summed E-state index contributed by atoms with van der Waals surface area (Å²) in [4.78, 5) is 25.0. The van der Waals surface area contributed by atoms with E-state index in [-0.39, 0.29) is 18.7 Å². The molecule has 2 atom stereocenters. The molecule has 0 aromatic heterocycles. The first-order chi connectivity index (χ1) is 20.5. The normalized spacial score (nSPS) is 17.3. The fourth-order valence-electron chi connectivity index (χ4n) is 6.33. The highest BCUT2D eigenvalue weighted by Gasteiger charge is 2.47. The maximum Gasteiger partial charge on any atom is 0.471 e. The van der Waals surface area contributed by atoms with Crippen LogP contribution in [0.3, 0.4) is 0 Å². The molecule has 0 saturated heterocycles. The number of thioether (sulfide) groups is 1. The van der Waals surface area contributed by atoms with Crippen molar-refractivity contribution >= 4 is 29.3 Å². The van der Waals surface area contributed by atoms with E-state index in [0.29, 0.717) is 36.3 Å². The molecular formula is C33H34F3NO5S. The van der Waals surface area contributed by atoms with Gasteiger partial charge in [0.25, 0.3) is 0 Å². The van der Waals surface area contributed by atoms with Crippen LogP contribution in [-0.2, 0) is 16.0 Å². The first-order valence-corrected chi connectivity index (χ1v) is 15.6. The smallest absolute Gasteiger partial charge is 0.471 e. The number of benzene rings is 3. The lowest BCUT2D eigenvalue weighted by Gasteiger charge is -2.31. The number of ether oxygens (including phenoxy) is 2. The van der Waals surface area contributed by atoms with E-state index in [1.54, 1.807) is 23.9 Å². The average Bonchev–Trinajstić information content (AvgIpc) is 3.55. The van der Waals surface area contributed by atoms with Gasteiger partial charge in [-0.3, -0.25) is 14.5 Å². The van der Waals surface area contributed by atoms with Crippen molar-refractivity contribution in [2.75, 3.05) is 30.1 Å². The molecule has 1 aliphatic heterocycles. The van der Waals surface area contributed by atoms with Gasteiger partial charge in [-0.1, -0.05) is 24.3 Å². The van der Waals surface area contributed by atoms with Gasteiger partial charge in [0.1, 0.15) is 11.5 Å². The van der Waals surface area contributed by atoms with Gasteiger partial charge in [-0.15, -0.1) is 0 Å². The Morgan fingerprint density at radius 1 is 1.09 bits per heavy atom. The maximum absolute atomic E-state index is 14.0. The SMILES string of the molecule is CSCCCOc1cc(C)c(-c2cccc3c2CCC3N(C(=O)C(F)(F)F)c2ccc3c(c2)OC[C@H]3CC(=O)O)c(C)c1. The Bertz CT molecular complexity index is 1520. The molecule has 1 N–H and O–H groups in total. The number of carbonyl (C=O) groups excluding carboxylic acids is 1. The second kappa shape index (κ2) is 12.5. The fourth-order valence-corrected chi connectivity index (χ4v) is 6.74. The Kier molecular flexibility index (Phi) is 8.96. The molecular weight excluding hydrogens is 579 g/mol. The summed E-state index contributed by atoms with van der Waals surface area (Å²) in [7, 11) is 0. The second-order valence-electron chi connectivity index (χ2n) is 11.1. The molecule has 43 heavy (non-hydrogen) atoms. The van der Waals surface area contributed by atoms with E-state index in [4.69, 9.17) is 9.47 Å². The summed E-state index contributed by atoms with van der Waals surface area (Å²) in [6.07, 6.45) is -1.41. The first kappa shape index (κ1) is 30.8. The van der Waals surface area contributed by atoms with Crippen LogP contribution in [0.4, 0.5) is 18.9 Å². The van der Waals surface area contributed by atoms with Crippen molar-refractivity contribution in [2.24, 2.45) is 0 Å². The number of aliphatic carboxylic acids is 1. The molecule has 0 radical (unpaired) electrons. The Labute approximate surface area is 253 Å². The van der Waals surface area contributed by atoms with Crippen molar-refractivity contribution in [3.63, 3.8) is 0 Å². The van der Waals surface area contributed by atoms with Crippen LogP contribution >= 0.6 is 11.8 Å². The number of aryl methyl sites for hydroxylation is 2. The van der Waals surface area contributed by atoms with Crippen molar-refractivity contribution in [3.8, 4) is 22.6 Å². The number of hydrogen-bond acceptors (Lipinski definition) is 5. The van der Waals surface area contributed by atoms with Gasteiger partial charge in [0.15, 0.2) is 0 Å². The van der Waals surface area contributed by atoms with Crippen molar-refractivity contribution in [1.29, 1.82) is 0 Å². The first-order valence-electron chi connectivity index (χ1n) is 14.2. The van der Waals surface area contributed by atoms with Crippen LogP contribution in [0, 0.1) is 13.8 Å². The summed E-state index contributed by atoms with van der Waals surface area (Å²) < 4.78 is 53.7. The molecule has 0 saturated carbocycles. The minimum absolute atomic E-state index is 0.0654. The third kappa shape index (κ3) is 6.34. The lowest BCUT2D eigenvalue weighted by atomic mass is 9.90. The van der Waals surface area contributed by atoms with Crippen LogP contribution in [-0.4, -0.2) is 48.4 Å². The van der Waals surface area contributed by atoms with E-state index in [1.165, 1.54) is 12.1 Å². The summed E-state index contributed by atoms with van der Waals surface area (Å²) in [5.41, 5.74) is 6.24. The lowest BCUT2D eigenvalue weighted by Crippen LogP contribution is -2.43. The van der Waals surface area contributed by atoms with Gasteiger partial charge >= 0.3 is 18.1 Å². The number of fused-ring (bicyclic) bond motifs is 2. The summed E-state index contributed by atoms with van der Waals surface area (Å²) in [6.45, 7) is 4.75. The van der Waals surface area contributed by atoms with E-state index in [0.717, 1.165) is 50.6 Å². The average molecular weight is 614 g/mol. The molecule has 228 valence electrons. The minimum atomic E-state index is -5.09. The van der Waals surface area contributed by atoms with E-state index >= 15 is 0 Å². The Morgan fingerprint density at radius 3 is 2.51 bits per heavy atom. The van der Waals surface area contributed by atoms with Gasteiger partial charge in [0, 0.05) is 23.2 Å². The highest BCUT2D eigenvalue weighted by atomic mass is 32.2. The predicted molar refractivity (Wildman–Crippen MR) is 161 cm³/mol. The fraction of sp³-hybridized carbons (Fsp3) is 0.394. The molecule has 0 bridgehead atoms. The zero-order valence-corrected chi connectivity index (χ0v) is 25.1. The molecule has 1 heterocycles. The molecule has 5 rings (SSSR count). The number of carboxylic acid groups (broad SMARTS) is 1. The number of anilines is 1. The molecule has 1 aliphatic carbocycles. The molecule has 10 heteroatoms. The van der Waals surface area contributed by atoms with E-state index in [1.807, 2.05) is 38.1 Å². The number of halogens is 3. The number of alkyl halides is 3. The van der Waals surface area contributed by atoms with Gasteiger partial charge in [-0.2, -0.15) is 24.9 Å². The molecule has 3 aromatic carbocycles. The van der Waals surface area contributed by atoms with Gasteiger partial charge < -0.3 is 14.6 Å². The quantitative estimate of drug-likeness (QED) is 0.237. The summed E-state index contributed by atoms with van der Waals surface area (Å²) in [5, 5.41) is 9.21. The summed E-state index contributed by atoms with van der Waals surface area (Å²) >= 11 is 1.77.